The van der Waals surface area contributed by atoms with Gasteiger partial charge in [0, 0.05) is 6.42 Å². The van der Waals surface area contributed by atoms with Crippen LogP contribution in [0.15, 0.2) is 72.9 Å². The van der Waals surface area contributed by atoms with Crippen LogP contribution in [0.25, 0.3) is 0 Å². The Hall–Kier alpha value is -2.06. The second kappa shape index (κ2) is 56.7. The maximum atomic E-state index is 13.0. The Labute approximate surface area is 465 Å². The Balaban J connectivity index is 3.92. The summed E-state index contributed by atoms with van der Waals surface area (Å²) in [6.45, 7) is 4.63. The van der Waals surface area contributed by atoms with Gasteiger partial charge >= 0.3 is 0 Å². The van der Waals surface area contributed by atoms with Gasteiger partial charge < -0.3 is 28.8 Å². The largest absolute Gasteiger partial charge is 0.756 e. The van der Waals surface area contributed by atoms with Crippen LogP contribution in [0.1, 0.15) is 290 Å². The van der Waals surface area contributed by atoms with Crippen molar-refractivity contribution in [2.75, 3.05) is 40.9 Å². The maximum absolute atomic E-state index is 13.0. The summed E-state index contributed by atoms with van der Waals surface area (Å²) < 4.78 is 23.4. The third kappa shape index (κ3) is 59.4. The Morgan fingerprint density at radius 1 is 0.480 bits per heavy atom. The molecule has 0 aliphatic carbocycles. The van der Waals surface area contributed by atoms with Crippen LogP contribution in [0.2, 0.25) is 0 Å². The number of carbonyl (C=O) groups excluding carboxylic acids is 1. The van der Waals surface area contributed by atoms with Crippen molar-refractivity contribution in [1.29, 1.82) is 0 Å². The summed E-state index contributed by atoms with van der Waals surface area (Å²) in [5.41, 5.74) is 0. The number of carbonyl (C=O) groups is 1. The lowest BCUT2D eigenvalue weighted by Gasteiger charge is -2.30. The Kier molecular flexibility index (Phi) is 55.1. The zero-order valence-corrected chi connectivity index (χ0v) is 50.9. The van der Waals surface area contributed by atoms with Gasteiger partial charge in [-0.1, -0.05) is 292 Å². The lowest BCUT2D eigenvalue weighted by molar-refractivity contribution is -0.870. The second-order valence-electron chi connectivity index (χ2n) is 22.7. The van der Waals surface area contributed by atoms with Gasteiger partial charge in [0.25, 0.3) is 7.82 Å². The highest BCUT2D eigenvalue weighted by Gasteiger charge is 2.24. The Morgan fingerprint density at radius 2 is 0.813 bits per heavy atom. The molecule has 0 aliphatic heterocycles. The van der Waals surface area contributed by atoms with E-state index in [1.807, 2.05) is 21.1 Å². The first-order valence-electron chi connectivity index (χ1n) is 31.8. The second-order valence-corrected chi connectivity index (χ2v) is 24.2. The summed E-state index contributed by atoms with van der Waals surface area (Å²) in [6, 6.07) is -0.801. The number of nitrogens with one attached hydrogen (secondary N) is 1. The minimum atomic E-state index is -4.57. The molecule has 0 spiro atoms. The number of amides is 1. The molecule has 0 aliphatic rings. The molecule has 0 rings (SSSR count). The molecule has 8 nitrogen and oxygen atoms in total. The van der Waals surface area contributed by atoms with Gasteiger partial charge in [-0.2, -0.15) is 0 Å². The fourth-order valence-electron chi connectivity index (χ4n) is 9.28. The first-order valence-corrected chi connectivity index (χ1v) is 33.2. The van der Waals surface area contributed by atoms with Crippen LogP contribution in [0.4, 0.5) is 0 Å². The number of allylic oxidation sites excluding steroid dienone is 12. The summed E-state index contributed by atoms with van der Waals surface area (Å²) in [5, 5.41) is 14.0. The Bertz CT molecular complexity index is 1450. The van der Waals surface area contributed by atoms with Gasteiger partial charge in [0.1, 0.15) is 13.2 Å². The van der Waals surface area contributed by atoms with E-state index < -0.39 is 20.0 Å². The number of aliphatic hydroxyl groups is 1. The van der Waals surface area contributed by atoms with Crippen LogP contribution >= 0.6 is 7.82 Å². The molecule has 0 saturated heterocycles. The van der Waals surface area contributed by atoms with Crippen molar-refractivity contribution in [2.24, 2.45) is 0 Å². The van der Waals surface area contributed by atoms with E-state index in [2.05, 4.69) is 92.1 Å². The van der Waals surface area contributed by atoms with E-state index in [1.54, 1.807) is 0 Å². The molecule has 0 saturated carbocycles. The summed E-state index contributed by atoms with van der Waals surface area (Å²) >= 11 is 0. The van der Waals surface area contributed by atoms with E-state index in [0.717, 1.165) is 77.0 Å². The molecule has 9 heteroatoms. The number of aliphatic hydroxyl groups excluding tert-OH is 1. The smallest absolute Gasteiger partial charge is 0.268 e. The highest BCUT2D eigenvalue weighted by Crippen LogP contribution is 2.38. The zero-order valence-electron chi connectivity index (χ0n) is 50.0. The molecule has 438 valence electrons. The van der Waals surface area contributed by atoms with Crippen LogP contribution in [0.3, 0.4) is 0 Å². The summed E-state index contributed by atoms with van der Waals surface area (Å²) in [7, 11) is 1.31. The number of nitrogens with zero attached hydrogens (tertiary/aromatic N) is 1. The quantitative estimate of drug-likeness (QED) is 0.0272. The molecule has 0 bridgehead atoms. The SMILES string of the molecule is CC/C=C\C/C=C\C/C=C\C/C=C\C/C=C\C/C=C\CCCCCCCCCCCCCCCCCCCCCCC(=O)NC(COP(=O)([O-])OCC[N+](C)(C)C)C(O)CCCCCCCCCCCCCCCC. The molecule has 0 fully saturated rings. The normalized spacial score (nSPS) is 14.3. The molecular formula is C66H123N2O6P. The highest BCUT2D eigenvalue weighted by molar-refractivity contribution is 7.45. The standard InChI is InChI=1S/C66H123N2O6P/c1-6-8-10-12-14-16-18-20-22-23-24-25-26-27-28-29-30-31-32-33-34-35-36-37-38-39-40-41-42-43-44-45-46-48-50-52-54-56-58-60-66(70)67-64(63-74-75(71,72)73-62-61-68(3,4)5)65(69)59-57-55-53-51-49-47-21-19-17-15-13-11-9-7-2/h8,10,14,16,20,22,24-25,27-28,30-31,64-65,69H,6-7,9,11-13,15,17-19,21,23,26,29,32-63H2,1-5H3,(H-,67,70,71,72)/b10-8-,16-14-,22-20-,25-24-,28-27-,31-30-. The number of rotatable bonds is 58. The average molecular weight is 1070 g/mol. The monoisotopic (exact) mass is 1070 g/mol. The van der Waals surface area contributed by atoms with Crippen LogP contribution in [0, 0.1) is 0 Å². The number of quaternary nitrogens is 1. The minimum Gasteiger partial charge on any atom is -0.756 e. The molecule has 1 amide bonds. The molecule has 0 aromatic rings. The first-order chi connectivity index (χ1) is 36.5. The van der Waals surface area contributed by atoms with E-state index >= 15 is 0 Å². The van der Waals surface area contributed by atoms with Gasteiger partial charge in [0.05, 0.1) is 39.9 Å². The van der Waals surface area contributed by atoms with Crippen LogP contribution in [-0.4, -0.2) is 68.5 Å². The van der Waals surface area contributed by atoms with Gasteiger partial charge in [0.2, 0.25) is 5.91 Å². The predicted molar refractivity (Wildman–Crippen MR) is 325 cm³/mol. The number of phosphoric acid groups is 1. The zero-order chi connectivity index (χ0) is 54.9. The van der Waals surface area contributed by atoms with Crippen molar-refractivity contribution in [3.8, 4) is 0 Å². The number of unbranched alkanes of at least 4 members (excludes halogenated alkanes) is 33. The van der Waals surface area contributed by atoms with Crippen molar-refractivity contribution in [3.05, 3.63) is 72.9 Å². The number of hydrogen-bond donors (Lipinski definition) is 2. The molecule has 75 heavy (non-hydrogen) atoms. The van der Waals surface area contributed by atoms with Crippen molar-refractivity contribution in [2.45, 2.75) is 302 Å². The van der Waals surface area contributed by atoms with Crippen LogP contribution in [-0.2, 0) is 18.4 Å². The number of likely N-dealkylation sites (N-methyl/N-ethyl adjacent to an activating group) is 1. The molecule has 0 heterocycles. The van der Waals surface area contributed by atoms with E-state index in [1.165, 1.54) is 186 Å². The lowest BCUT2D eigenvalue weighted by atomic mass is 10.0. The minimum absolute atomic E-state index is 0.0124. The van der Waals surface area contributed by atoms with Crippen LogP contribution < -0.4 is 10.2 Å². The number of hydrogen-bond acceptors (Lipinski definition) is 6. The molecule has 3 atom stereocenters. The van der Waals surface area contributed by atoms with Gasteiger partial charge in [0.15, 0.2) is 0 Å². The predicted octanol–water partition coefficient (Wildman–Crippen LogP) is 19.2. The maximum Gasteiger partial charge on any atom is 0.268 e. The molecular weight excluding hydrogens is 948 g/mol. The van der Waals surface area contributed by atoms with Crippen molar-refractivity contribution in [1.82, 2.24) is 5.32 Å². The molecule has 0 radical (unpaired) electrons. The van der Waals surface area contributed by atoms with Crippen molar-refractivity contribution < 1.29 is 32.9 Å². The van der Waals surface area contributed by atoms with Gasteiger partial charge in [-0.3, -0.25) is 9.36 Å². The van der Waals surface area contributed by atoms with E-state index in [4.69, 9.17) is 9.05 Å². The lowest BCUT2D eigenvalue weighted by Crippen LogP contribution is -2.46. The van der Waals surface area contributed by atoms with Crippen LogP contribution in [0.5, 0.6) is 0 Å². The average Bonchev–Trinajstić information content (AvgIpc) is 3.37. The number of phosphoric ester groups is 1. The van der Waals surface area contributed by atoms with E-state index in [9.17, 15) is 19.4 Å². The van der Waals surface area contributed by atoms with Gasteiger partial charge in [-0.05, 0) is 64.2 Å². The third-order valence-corrected chi connectivity index (χ3v) is 15.2. The van der Waals surface area contributed by atoms with Gasteiger partial charge in [-0.25, -0.2) is 0 Å². The van der Waals surface area contributed by atoms with Gasteiger partial charge in [-0.15, -0.1) is 0 Å². The van der Waals surface area contributed by atoms with Crippen molar-refractivity contribution in [3.63, 3.8) is 0 Å². The van der Waals surface area contributed by atoms with Crippen molar-refractivity contribution >= 4 is 13.7 Å². The molecule has 3 unspecified atom stereocenters. The fourth-order valence-corrected chi connectivity index (χ4v) is 10.0. The van der Waals surface area contributed by atoms with E-state index in [0.29, 0.717) is 23.9 Å². The summed E-state index contributed by atoms with van der Waals surface area (Å²) in [4.78, 5) is 25.5. The van der Waals surface area contributed by atoms with E-state index in [-0.39, 0.29) is 19.1 Å². The molecule has 0 aromatic heterocycles. The topological polar surface area (TPSA) is 108 Å². The summed E-state index contributed by atoms with van der Waals surface area (Å²) in [5.74, 6) is -0.162. The summed E-state index contributed by atoms with van der Waals surface area (Å²) in [6.07, 6.45) is 78.2. The highest BCUT2D eigenvalue weighted by atomic mass is 31.2. The Morgan fingerprint density at radius 3 is 1.19 bits per heavy atom. The first kappa shape index (κ1) is 72.9. The fraction of sp³-hybridized carbons (Fsp3) is 0.803. The third-order valence-electron chi connectivity index (χ3n) is 14.2. The molecule has 2 N–H and O–H groups in total. The molecule has 0 aromatic carbocycles.